The maximum absolute atomic E-state index is 14.5. The van der Waals surface area contributed by atoms with Crippen molar-refractivity contribution in [2.75, 3.05) is 81.0 Å². The number of carboxylic acids is 2. The molecule has 3 aromatic carbocycles. The van der Waals surface area contributed by atoms with Gasteiger partial charge < -0.3 is 59.9 Å². The molecule has 6 N–H and O–H groups in total. The van der Waals surface area contributed by atoms with Crippen LogP contribution in [0.25, 0.3) is 22.0 Å². The van der Waals surface area contributed by atoms with E-state index in [2.05, 4.69) is 78.0 Å². The Morgan fingerprint density at radius 2 is 1.60 bits per heavy atom. The first-order chi connectivity index (χ1) is 41.3. The van der Waals surface area contributed by atoms with Gasteiger partial charge in [-0.15, -0.1) is 11.3 Å². The Bertz CT molecular complexity index is 3480. The van der Waals surface area contributed by atoms with Crippen LogP contribution >= 0.6 is 32.9 Å². The van der Waals surface area contributed by atoms with Crippen molar-refractivity contribution in [3.8, 4) is 17.0 Å². The fourth-order valence-electron chi connectivity index (χ4n) is 10.3. The standard InChI is InChI=1S/C61H73N9O13S3/c1-7-70(44-17-21-80-22-18-44)51-31-43(42-10-8-9-40(28-42)34-69-19-23-81-24-20-69)30-45(38(51)4)55(72)62-32-47-36(2)27-37(3)63-58(47)83-61(79)82-25-26-84-85-35-50(60(77)78)66-53(71)15-13-49(59(75)76)67-57(74)52-14-16-54(86-52)68(6)33-41-11-12-48-46(29-41)56(73)65-39(5)64-48/h8-12,14,16,27-31,44,49-50H,7,13,15,17-26,32-35H2,1-6H3,(H,62,72)(H,66,71)(H,67,74)(H,75,76)(H,77,78)(H,64,65,73). The number of aromatic amines is 1. The van der Waals surface area contributed by atoms with Crippen molar-refractivity contribution >= 4 is 90.3 Å². The summed E-state index contributed by atoms with van der Waals surface area (Å²) in [5, 5.41) is 28.9. The molecule has 0 bridgehead atoms. The third-order valence-corrected chi connectivity index (χ3v) is 18.4. The van der Waals surface area contributed by atoms with Crippen LogP contribution in [0.4, 0.5) is 15.5 Å². The lowest BCUT2D eigenvalue weighted by Crippen LogP contribution is -2.44. The molecule has 0 radical (unpaired) electrons. The zero-order valence-electron chi connectivity index (χ0n) is 49.0. The Kier molecular flexibility index (Phi) is 23.0. The number of pyridine rings is 1. The summed E-state index contributed by atoms with van der Waals surface area (Å²) in [7, 11) is 4.12. The van der Waals surface area contributed by atoms with Crippen molar-refractivity contribution < 1.29 is 57.9 Å². The number of carbonyl (C=O) groups excluding carboxylic acids is 4. The van der Waals surface area contributed by atoms with E-state index in [1.54, 1.807) is 38.1 Å². The number of hydrogen-bond acceptors (Lipinski definition) is 19. The molecule has 3 amide bonds. The number of rotatable bonds is 27. The highest BCUT2D eigenvalue weighted by atomic mass is 33.1. The van der Waals surface area contributed by atoms with E-state index in [0.717, 1.165) is 94.7 Å². The largest absolute Gasteiger partial charge is 0.515 e. The fourth-order valence-corrected chi connectivity index (χ4v) is 13.2. The highest BCUT2D eigenvalue weighted by Crippen LogP contribution is 2.35. The zero-order valence-corrected chi connectivity index (χ0v) is 51.5. The van der Waals surface area contributed by atoms with Crippen molar-refractivity contribution in [1.82, 2.24) is 35.8 Å². The summed E-state index contributed by atoms with van der Waals surface area (Å²) < 4.78 is 22.3. The summed E-state index contributed by atoms with van der Waals surface area (Å²) in [5.41, 5.74) is 8.38. The molecule has 458 valence electrons. The number of carboxylic acid groups (broad SMARTS) is 2. The molecular formula is C61H73N9O13S3. The van der Waals surface area contributed by atoms with Crippen LogP contribution in [0.2, 0.25) is 0 Å². The molecule has 6 aromatic rings. The molecule has 0 aliphatic carbocycles. The molecule has 2 unspecified atom stereocenters. The second-order valence-corrected chi connectivity index (χ2v) is 24.8. The summed E-state index contributed by atoms with van der Waals surface area (Å²) in [6.07, 6.45) is 0.0133. The number of thiophene rings is 1. The molecule has 86 heavy (non-hydrogen) atoms. The smallest absolute Gasteiger partial charge is 0.480 e. The minimum Gasteiger partial charge on any atom is -0.480 e. The van der Waals surface area contributed by atoms with E-state index >= 15 is 0 Å². The monoisotopic (exact) mass is 1240 g/mol. The van der Waals surface area contributed by atoms with Crippen LogP contribution in [0, 0.1) is 27.7 Å². The predicted octanol–water partition coefficient (Wildman–Crippen LogP) is 7.81. The maximum atomic E-state index is 14.5. The van der Waals surface area contributed by atoms with Gasteiger partial charge in [-0.3, -0.25) is 24.1 Å². The van der Waals surface area contributed by atoms with E-state index in [9.17, 15) is 43.8 Å². The number of nitrogens with one attached hydrogen (secondary N) is 4. The van der Waals surface area contributed by atoms with Crippen LogP contribution < -0.4 is 36.0 Å². The number of hydrogen-bond donors (Lipinski definition) is 6. The Balaban J connectivity index is 0.799. The number of morpholine rings is 1. The molecule has 22 nitrogen and oxygen atoms in total. The van der Waals surface area contributed by atoms with Crippen molar-refractivity contribution in [2.45, 2.75) is 98.1 Å². The SMILES string of the molecule is CCN(c1cc(-c2cccc(CN3CCOCC3)c2)cc(C(=O)NCc2c(C)cc(C)nc2OC(=O)OCCSSCC(NC(=O)CCC(NC(=O)c2ccc(N(C)Cc3ccc4nc(C)[nH]c(=O)c4c3)s2)C(=O)O)C(=O)O)c1C)C1CCOCC1. The number of nitrogens with zero attached hydrogens (tertiary/aromatic N) is 5. The van der Waals surface area contributed by atoms with Crippen LogP contribution in [0.5, 0.6) is 5.88 Å². The number of aliphatic carboxylic acids is 2. The average Bonchev–Trinajstić information content (AvgIpc) is 2.65. The van der Waals surface area contributed by atoms with Gasteiger partial charge in [0.2, 0.25) is 11.8 Å². The molecule has 8 rings (SSSR count). The van der Waals surface area contributed by atoms with Crippen molar-refractivity contribution in [2.24, 2.45) is 0 Å². The van der Waals surface area contributed by atoms with Crippen LogP contribution in [0.15, 0.2) is 77.6 Å². The summed E-state index contributed by atoms with van der Waals surface area (Å²) in [5.74, 6) is -3.75. The molecule has 0 spiro atoms. The second kappa shape index (κ2) is 30.7. The number of carbonyl (C=O) groups is 6. The molecule has 2 aliphatic rings. The lowest BCUT2D eigenvalue weighted by atomic mass is 9.94. The molecule has 2 fully saturated rings. The number of anilines is 2. The zero-order chi connectivity index (χ0) is 61.4. The number of ether oxygens (including phenoxy) is 4. The van der Waals surface area contributed by atoms with E-state index in [4.69, 9.17) is 18.9 Å². The van der Waals surface area contributed by atoms with Gasteiger partial charge in [-0.1, -0.05) is 45.9 Å². The van der Waals surface area contributed by atoms with Crippen molar-refractivity contribution in [1.29, 1.82) is 0 Å². The molecule has 2 saturated heterocycles. The van der Waals surface area contributed by atoms with Gasteiger partial charge in [0.05, 0.1) is 34.0 Å². The molecule has 0 saturated carbocycles. The summed E-state index contributed by atoms with van der Waals surface area (Å²) in [4.78, 5) is 109. The van der Waals surface area contributed by atoms with Gasteiger partial charge in [-0.2, -0.15) is 0 Å². The first-order valence-electron chi connectivity index (χ1n) is 28.4. The lowest BCUT2D eigenvalue weighted by Gasteiger charge is -2.37. The van der Waals surface area contributed by atoms with E-state index in [0.29, 0.717) is 71.5 Å². The van der Waals surface area contributed by atoms with Crippen molar-refractivity contribution in [3.05, 3.63) is 133 Å². The van der Waals surface area contributed by atoms with Crippen LogP contribution in [0.3, 0.4) is 0 Å². The Hall–Kier alpha value is -7.55. The minimum absolute atomic E-state index is 0.00836. The number of aromatic nitrogens is 3. The van der Waals surface area contributed by atoms with E-state index in [1.807, 2.05) is 44.0 Å². The van der Waals surface area contributed by atoms with Gasteiger partial charge >= 0.3 is 18.1 Å². The Morgan fingerprint density at radius 1 is 0.849 bits per heavy atom. The molecule has 5 heterocycles. The third kappa shape index (κ3) is 17.6. The number of benzene rings is 3. The molecular weight excluding hydrogens is 1160 g/mol. The van der Waals surface area contributed by atoms with E-state index in [1.165, 1.54) is 16.4 Å². The average molecular weight is 1240 g/mol. The number of fused-ring (bicyclic) bond motifs is 1. The van der Waals surface area contributed by atoms with E-state index in [-0.39, 0.29) is 59.3 Å². The fraction of sp³-hybridized carbons (Fsp3) is 0.426. The maximum Gasteiger partial charge on any atom is 0.515 e. The number of aryl methyl sites for hydroxylation is 3. The van der Waals surface area contributed by atoms with Crippen LogP contribution in [-0.4, -0.2) is 155 Å². The minimum atomic E-state index is -1.45. The summed E-state index contributed by atoms with van der Waals surface area (Å²) >= 11 is 1.13. The highest BCUT2D eigenvalue weighted by molar-refractivity contribution is 8.76. The van der Waals surface area contributed by atoms with Gasteiger partial charge in [0, 0.05) is 106 Å². The quantitative estimate of drug-likeness (QED) is 0.0163. The van der Waals surface area contributed by atoms with Crippen molar-refractivity contribution in [3.63, 3.8) is 0 Å². The Labute approximate surface area is 510 Å². The van der Waals surface area contributed by atoms with E-state index < -0.39 is 48.4 Å². The van der Waals surface area contributed by atoms with Crippen LogP contribution in [-0.2, 0) is 48.2 Å². The molecule has 3 aromatic heterocycles. The first-order valence-corrected chi connectivity index (χ1v) is 31.7. The molecule has 25 heteroatoms. The van der Waals surface area contributed by atoms with Gasteiger partial charge in [-0.05, 0) is 136 Å². The van der Waals surface area contributed by atoms with Gasteiger partial charge in [-0.25, -0.2) is 24.4 Å². The number of H-pyrrole nitrogens is 1. The highest BCUT2D eigenvalue weighted by Gasteiger charge is 2.28. The normalized spacial score (nSPS) is 14.4. The van der Waals surface area contributed by atoms with Gasteiger partial charge in [0.1, 0.15) is 24.5 Å². The second-order valence-electron chi connectivity index (χ2n) is 21.1. The Morgan fingerprint density at radius 3 is 2.35 bits per heavy atom. The summed E-state index contributed by atoms with van der Waals surface area (Å²) in [6.45, 7) is 15.7. The molecule has 2 atom stereocenters. The molecule has 2 aliphatic heterocycles. The third-order valence-electron chi connectivity index (χ3n) is 14.8. The predicted molar refractivity (Wildman–Crippen MR) is 333 cm³/mol. The van der Waals surface area contributed by atoms with Crippen LogP contribution in [0.1, 0.15) is 92.0 Å². The number of amides is 3. The lowest BCUT2D eigenvalue weighted by molar-refractivity contribution is -0.142. The summed E-state index contributed by atoms with van der Waals surface area (Å²) in [6, 6.07) is 20.5. The van der Waals surface area contributed by atoms with Gasteiger partial charge in [0.15, 0.2) is 0 Å². The first kappa shape index (κ1) is 64.4. The topological polar surface area (TPSA) is 284 Å². The van der Waals surface area contributed by atoms with Gasteiger partial charge in [0.25, 0.3) is 17.4 Å².